The minimum atomic E-state index is -0.715. The number of hydrogen-bond donors (Lipinski definition) is 1. The van der Waals surface area contributed by atoms with Crippen molar-refractivity contribution >= 4 is 0 Å². The summed E-state index contributed by atoms with van der Waals surface area (Å²) in [5.74, 6) is 1.32. The van der Waals surface area contributed by atoms with Gasteiger partial charge in [0.2, 0.25) is 0 Å². The van der Waals surface area contributed by atoms with Crippen LogP contribution < -0.4 is 4.74 Å². The Kier molecular flexibility index (Phi) is 4.67. The summed E-state index contributed by atoms with van der Waals surface area (Å²) in [6.45, 7) is 2.16. The van der Waals surface area contributed by atoms with E-state index in [9.17, 15) is 10.4 Å². The van der Waals surface area contributed by atoms with Crippen LogP contribution in [-0.4, -0.2) is 12.2 Å². The predicted octanol–water partition coefficient (Wildman–Crippen LogP) is 3.84. The number of aliphatic hydroxyl groups excluding tert-OH is 1. The zero-order chi connectivity index (χ0) is 14.6. The Morgan fingerprint density at radius 2 is 2.15 bits per heavy atom. The van der Waals surface area contributed by atoms with Gasteiger partial charge in [-0.05, 0) is 36.5 Å². The number of aliphatic hydroxyl groups is 1. The van der Waals surface area contributed by atoms with Crippen LogP contribution in [0.25, 0.3) is 0 Å². The van der Waals surface area contributed by atoms with E-state index in [1.165, 1.54) is 6.42 Å². The number of nitriles is 1. The van der Waals surface area contributed by atoms with Crippen molar-refractivity contribution in [2.45, 2.75) is 45.1 Å². The van der Waals surface area contributed by atoms with Crippen LogP contribution in [0.3, 0.4) is 0 Å². The molecule has 0 saturated heterocycles. The highest BCUT2D eigenvalue weighted by Crippen LogP contribution is 2.48. The van der Waals surface area contributed by atoms with Crippen molar-refractivity contribution in [1.29, 1.82) is 5.26 Å². The highest BCUT2D eigenvalue weighted by atomic mass is 16.5. The van der Waals surface area contributed by atoms with E-state index >= 15 is 0 Å². The molecule has 0 bridgehead atoms. The minimum absolute atomic E-state index is 0.552. The van der Waals surface area contributed by atoms with Gasteiger partial charge < -0.3 is 9.84 Å². The maximum atomic E-state index is 10.7. The van der Waals surface area contributed by atoms with E-state index in [4.69, 9.17) is 4.74 Å². The van der Waals surface area contributed by atoms with Crippen molar-refractivity contribution in [3.63, 3.8) is 0 Å². The van der Waals surface area contributed by atoms with Crippen molar-refractivity contribution in [2.24, 2.45) is 11.3 Å². The molecule has 20 heavy (non-hydrogen) atoms. The summed E-state index contributed by atoms with van der Waals surface area (Å²) < 4.78 is 5.13. The lowest BCUT2D eigenvalue weighted by atomic mass is 9.65. The fourth-order valence-electron chi connectivity index (χ4n) is 3.29. The zero-order valence-electron chi connectivity index (χ0n) is 12.3. The van der Waals surface area contributed by atoms with Gasteiger partial charge in [-0.3, -0.25) is 0 Å². The van der Waals surface area contributed by atoms with Gasteiger partial charge in [-0.15, -0.1) is 0 Å². The normalized spacial score (nSPS) is 27.6. The summed E-state index contributed by atoms with van der Waals surface area (Å²) in [6, 6.07) is 9.82. The lowest BCUT2D eigenvalue weighted by molar-refractivity contribution is 0.0185. The van der Waals surface area contributed by atoms with Crippen molar-refractivity contribution in [3.8, 4) is 11.8 Å². The molecule has 1 fully saturated rings. The van der Waals surface area contributed by atoms with E-state index in [1.807, 2.05) is 24.3 Å². The van der Waals surface area contributed by atoms with Crippen LogP contribution in [0.1, 0.15) is 50.7 Å². The zero-order valence-corrected chi connectivity index (χ0v) is 12.3. The van der Waals surface area contributed by atoms with Gasteiger partial charge in [0.05, 0.1) is 24.7 Å². The standard InChI is InChI=1S/C17H23NO2/c1-3-13-5-4-10-17(11-13,12-18)16(19)14-6-8-15(20-2)9-7-14/h6-9,13,16,19H,3-5,10-11H2,1-2H3. The van der Waals surface area contributed by atoms with Crippen LogP contribution in [0.2, 0.25) is 0 Å². The maximum absolute atomic E-state index is 10.7. The molecule has 0 heterocycles. The van der Waals surface area contributed by atoms with Gasteiger partial charge in [0, 0.05) is 0 Å². The van der Waals surface area contributed by atoms with Crippen molar-refractivity contribution in [3.05, 3.63) is 29.8 Å². The summed E-state index contributed by atoms with van der Waals surface area (Å²) in [5.41, 5.74) is 0.178. The first-order chi connectivity index (χ1) is 9.65. The molecule has 0 aromatic heterocycles. The molecule has 1 N–H and O–H groups in total. The second-order valence-electron chi connectivity index (χ2n) is 5.81. The topological polar surface area (TPSA) is 53.2 Å². The first-order valence-electron chi connectivity index (χ1n) is 7.38. The number of benzene rings is 1. The van der Waals surface area contributed by atoms with E-state index in [0.29, 0.717) is 5.92 Å². The molecule has 0 aliphatic heterocycles. The fraction of sp³-hybridized carbons (Fsp3) is 0.588. The molecule has 108 valence electrons. The van der Waals surface area contributed by atoms with Crippen LogP contribution in [0, 0.1) is 22.7 Å². The molecular weight excluding hydrogens is 250 g/mol. The molecule has 3 unspecified atom stereocenters. The second-order valence-corrected chi connectivity index (χ2v) is 5.81. The first-order valence-corrected chi connectivity index (χ1v) is 7.38. The van der Waals surface area contributed by atoms with Gasteiger partial charge >= 0.3 is 0 Å². The molecule has 3 nitrogen and oxygen atoms in total. The molecule has 0 spiro atoms. The quantitative estimate of drug-likeness (QED) is 0.906. The lowest BCUT2D eigenvalue weighted by Gasteiger charge is -2.39. The van der Waals surface area contributed by atoms with E-state index in [0.717, 1.165) is 37.0 Å². The predicted molar refractivity (Wildman–Crippen MR) is 78.2 cm³/mol. The molecule has 1 aliphatic carbocycles. The average Bonchev–Trinajstić information content (AvgIpc) is 2.54. The van der Waals surface area contributed by atoms with Crippen molar-refractivity contribution < 1.29 is 9.84 Å². The molecular formula is C17H23NO2. The Bertz CT molecular complexity index is 477. The molecule has 0 amide bonds. The summed E-state index contributed by atoms with van der Waals surface area (Å²) in [7, 11) is 1.62. The Hall–Kier alpha value is -1.53. The summed E-state index contributed by atoms with van der Waals surface area (Å²) in [6.07, 6.45) is 4.15. The fourth-order valence-corrected chi connectivity index (χ4v) is 3.29. The van der Waals surface area contributed by atoms with E-state index < -0.39 is 11.5 Å². The van der Waals surface area contributed by atoms with Gasteiger partial charge in [0.25, 0.3) is 0 Å². The van der Waals surface area contributed by atoms with Crippen molar-refractivity contribution in [1.82, 2.24) is 0 Å². The number of hydrogen-bond acceptors (Lipinski definition) is 3. The first kappa shape index (κ1) is 14.9. The number of ether oxygens (including phenoxy) is 1. The molecule has 3 atom stereocenters. The number of methoxy groups -OCH3 is 1. The van der Waals surface area contributed by atoms with Gasteiger partial charge in [-0.25, -0.2) is 0 Å². The van der Waals surface area contributed by atoms with Gasteiger partial charge in [-0.2, -0.15) is 5.26 Å². The molecule has 1 aliphatic rings. The Morgan fingerprint density at radius 3 is 2.70 bits per heavy atom. The summed E-state index contributed by atoms with van der Waals surface area (Å²) >= 11 is 0. The van der Waals surface area contributed by atoms with E-state index in [1.54, 1.807) is 7.11 Å². The molecule has 0 radical (unpaired) electrons. The molecule has 1 aromatic carbocycles. The molecule has 3 heteroatoms. The Labute approximate surface area is 121 Å². The molecule has 1 aromatic rings. The van der Waals surface area contributed by atoms with Crippen LogP contribution in [0.4, 0.5) is 0 Å². The summed E-state index contributed by atoms with van der Waals surface area (Å²) in [5, 5.41) is 20.4. The van der Waals surface area contributed by atoms with E-state index in [-0.39, 0.29) is 0 Å². The molecule has 1 saturated carbocycles. The third-order valence-corrected chi connectivity index (χ3v) is 4.64. The lowest BCUT2D eigenvalue weighted by Crippen LogP contribution is -2.33. The van der Waals surface area contributed by atoms with Crippen molar-refractivity contribution in [2.75, 3.05) is 7.11 Å². The third-order valence-electron chi connectivity index (χ3n) is 4.64. The van der Waals surface area contributed by atoms with Crippen LogP contribution in [-0.2, 0) is 0 Å². The third kappa shape index (κ3) is 2.81. The van der Waals surface area contributed by atoms with Crippen LogP contribution >= 0.6 is 0 Å². The Balaban J connectivity index is 2.23. The number of nitrogens with zero attached hydrogens (tertiary/aromatic N) is 1. The highest BCUT2D eigenvalue weighted by molar-refractivity contribution is 5.30. The van der Waals surface area contributed by atoms with Crippen LogP contribution in [0.15, 0.2) is 24.3 Å². The van der Waals surface area contributed by atoms with Crippen LogP contribution in [0.5, 0.6) is 5.75 Å². The van der Waals surface area contributed by atoms with Gasteiger partial charge in [0.15, 0.2) is 0 Å². The molecule has 2 rings (SSSR count). The Morgan fingerprint density at radius 1 is 1.45 bits per heavy atom. The smallest absolute Gasteiger partial charge is 0.118 e. The van der Waals surface area contributed by atoms with Gasteiger partial charge in [0.1, 0.15) is 5.75 Å². The second kappa shape index (κ2) is 6.28. The largest absolute Gasteiger partial charge is 0.497 e. The van der Waals surface area contributed by atoms with E-state index in [2.05, 4.69) is 13.0 Å². The maximum Gasteiger partial charge on any atom is 0.118 e. The van der Waals surface area contributed by atoms with Gasteiger partial charge in [-0.1, -0.05) is 38.3 Å². The SMILES string of the molecule is CCC1CCCC(C#N)(C(O)c2ccc(OC)cc2)C1. The monoisotopic (exact) mass is 273 g/mol. The number of rotatable bonds is 4. The summed E-state index contributed by atoms with van der Waals surface area (Å²) in [4.78, 5) is 0. The average molecular weight is 273 g/mol. The highest BCUT2D eigenvalue weighted by Gasteiger charge is 2.42. The minimum Gasteiger partial charge on any atom is -0.497 e.